The molecular formula is C11H19NO3S. The molecule has 0 bridgehead atoms. The quantitative estimate of drug-likeness (QED) is 0.817. The average Bonchev–Trinajstić information content (AvgIpc) is 2.26. The van der Waals surface area contributed by atoms with Crippen molar-refractivity contribution >= 4 is 23.6 Å². The molecule has 1 amide bonds. The first-order valence-electron chi connectivity index (χ1n) is 5.64. The van der Waals surface area contributed by atoms with Gasteiger partial charge in [0.1, 0.15) is 5.54 Å². The molecule has 0 saturated carbocycles. The van der Waals surface area contributed by atoms with Gasteiger partial charge >= 0.3 is 5.97 Å². The van der Waals surface area contributed by atoms with Gasteiger partial charge in [0.2, 0.25) is 5.91 Å². The first-order chi connectivity index (χ1) is 7.54. The maximum Gasteiger partial charge on any atom is 0.330 e. The van der Waals surface area contributed by atoms with Gasteiger partial charge in [0.25, 0.3) is 0 Å². The molecule has 1 aliphatic rings. The topological polar surface area (TPSA) is 57.6 Å². The highest BCUT2D eigenvalue weighted by atomic mass is 32.2. The first kappa shape index (κ1) is 13.4. The largest absolute Gasteiger partial charge is 0.479 e. The highest BCUT2D eigenvalue weighted by molar-refractivity contribution is 7.99. The molecule has 0 aliphatic carbocycles. The van der Waals surface area contributed by atoms with Crippen molar-refractivity contribution in [2.24, 2.45) is 0 Å². The number of nitrogens with zero attached hydrogens (tertiary/aromatic N) is 1. The van der Waals surface area contributed by atoms with E-state index in [1.54, 1.807) is 16.7 Å². The summed E-state index contributed by atoms with van der Waals surface area (Å²) < 4.78 is 0. The third-order valence-electron chi connectivity index (χ3n) is 2.96. The fourth-order valence-electron chi connectivity index (χ4n) is 2.17. The van der Waals surface area contributed by atoms with Gasteiger partial charge in [-0.1, -0.05) is 6.92 Å². The second-order valence-electron chi connectivity index (χ2n) is 4.16. The van der Waals surface area contributed by atoms with Crippen molar-refractivity contribution in [2.75, 3.05) is 18.1 Å². The van der Waals surface area contributed by atoms with Crippen molar-refractivity contribution < 1.29 is 14.7 Å². The summed E-state index contributed by atoms with van der Waals surface area (Å²) in [7, 11) is 0. The molecule has 1 aliphatic heterocycles. The lowest BCUT2D eigenvalue weighted by molar-refractivity contribution is -0.157. The highest BCUT2D eigenvalue weighted by Crippen LogP contribution is 2.32. The molecule has 92 valence electrons. The standard InChI is InChI=1S/C11H19NO3S/c1-3-6-12(9(2)13)11(10(14)15)5-4-7-16-8-11/h3-8H2,1-2H3,(H,14,15). The monoisotopic (exact) mass is 245 g/mol. The Kier molecular flexibility index (Phi) is 4.65. The fourth-order valence-corrected chi connectivity index (χ4v) is 3.43. The molecule has 1 N–H and O–H groups in total. The Bertz CT molecular complexity index is 274. The molecule has 1 unspecified atom stereocenters. The number of carboxylic acid groups (broad SMARTS) is 1. The van der Waals surface area contributed by atoms with Crippen LogP contribution in [0.5, 0.6) is 0 Å². The van der Waals surface area contributed by atoms with E-state index in [0.29, 0.717) is 18.7 Å². The van der Waals surface area contributed by atoms with Crippen molar-refractivity contribution in [1.29, 1.82) is 0 Å². The third-order valence-corrected chi connectivity index (χ3v) is 4.22. The van der Waals surface area contributed by atoms with Gasteiger partial charge in [-0.05, 0) is 25.0 Å². The van der Waals surface area contributed by atoms with Crippen LogP contribution in [-0.2, 0) is 9.59 Å². The molecule has 0 aromatic heterocycles. The molecule has 4 nitrogen and oxygen atoms in total. The molecule has 0 aromatic rings. The lowest BCUT2D eigenvalue weighted by Crippen LogP contribution is -2.59. The molecule has 1 atom stereocenters. The average molecular weight is 245 g/mol. The highest BCUT2D eigenvalue weighted by Gasteiger charge is 2.46. The summed E-state index contributed by atoms with van der Waals surface area (Å²) in [4.78, 5) is 24.6. The third kappa shape index (κ3) is 2.51. The van der Waals surface area contributed by atoms with Crippen molar-refractivity contribution in [3.8, 4) is 0 Å². The summed E-state index contributed by atoms with van der Waals surface area (Å²) in [6, 6.07) is 0. The van der Waals surface area contributed by atoms with Crippen LogP contribution >= 0.6 is 11.8 Å². The van der Waals surface area contributed by atoms with Crippen molar-refractivity contribution in [1.82, 2.24) is 4.90 Å². The van der Waals surface area contributed by atoms with E-state index in [1.165, 1.54) is 6.92 Å². The van der Waals surface area contributed by atoms with Gasteiger partial charge in [-0.25, -0.2) is 4.79 Å². The minimum Gasteiger partial charge on any atom is -0.479 e. The Balaban J connectivity index is 2.96. The fraction of sp³-hybridized carbons (Fsp3) is 0.818. The summed E-state index contributed by atoms with van der Waals surface area (Å²) >= 11 is 1.63. The molecule has 0 aromatic carbocycles. The Morgan fingerprint density at radius 3 is 2.56 bits per heavy atom. The number of carbonyl (C=O) groups is 2. The van der Waals surface area contributed by atoms with E-state index < -0.39 is 11.5 Å². The van der Waals surface area contributed by atoms with Crippen LogP contribution in [0.25, 0.3) is 0 Å². The van der Waals surface area contributed by atoms with Crippen LogP contribution in [-0.4, -0.2) is 45.5 Å². The molecular weight excluding hydrogens is 226 g/mol. The van der Waals surface area contributed by atoms with Crippen molar-refractivity contribution in [3.63, 3.8) is 0 Å². The SMILES string of the molecule is CCCN(C(C)=O)C1(C(=O)O)CCCSC1. The molecule has 0 spiro atoms. The zero-order valence-electron chi connectivity index (χ0n) is 9.86. The van der Waals surface area contributed by atoms with E-state index >= 15 is 0 Å². The van der Waals surface area contributed by atoms with E-state index in [-0.39, 0.29) is 5.91 Å². The van der Waals surface area contributed by atoms with Crippen LogP contribution in [0.4, 0.5) is 0 Å². The number of aliphatic carboxylic acids is 1. The Labute approximate surface area is 100 Å². The molecule has 5 heteroatoms. The van der Waals surface area contributed by atoms with E-state index in [0.717, 1.165) is 18.6 Å². The number of rotatable bonds is 4. The van der Waals surface area contributed by atoms with Crippen molar-refractivity contribution in [3.05, 3.63) is 0 Å². The molecule has 1 rings (SSSR count). The van der Waals surface area contributed by atoms with Crippen molar-refractivity contribution in [2.45, 2.75) is 38.6 Å². The lowest BCUT2D eigenvalue weighted by atomic mass is 9.92. The summed E-state index contributed by atoms with van der Waals surface area (Å²) in [6.07, 6.45) is 2.23. The summed E-state index contributed by atoms with van der Waals surface area (Å²) in [6.45, 7) is 3.95. The summed E-state index contributed by atoms with van der Waals surface area (Å²) in [5.74, 6) is 0.518. The molecule has 1 saturated heterocycles. The van der Waals surface area contributed by atoms with E-state index in [1.807, 2.05) is 6.92 Å². The zero-order valence-corrected chi connectivity index (χ0v) is 10.7. The van der Waals surface area contributed by atoms with E-state index in [4.69, 9.17) is 0 Å². The Hall–Kier alpha value is -0.710. The van der Waals surface area contributed by atoms with Gasteiger partial charge in [0, 0.05) is 19.2 Å². The molecule has 1 fully saturated rings. The van der Waals surface area contributed by atoms with Crippen LogP contribution in [0, 0.1) is 0 Å². The van der Waals surface area contributed by atoms with E-state index in [9.17, 15) is 14.7 Å². The molecule has 1 heterocycles. The van der Waals surface area contributed by atoms with Crippen LogP contribution in [0.1, 0.15) is 33.1 Å². The van der Waals surface area contributed by atoms with Crippen LogP contribution in [0.2, 0.25) is 0 Å². The van der Waals surface area contributed by atoms with Gasteiger partial charge in [-0.3, -0.25) is 4.79 Å². The number of thioether (sulfide) groups is 1. The molecule has 0 radical (unpaired) electrons. The number of carboxylic acids is 1. The van der Waals surface area contributed by atoms with Crippen LogP contribution < -0.4 is 0 Å². The predicted molar refractivity (Wildman–Crippen MR) is 64.6 cm³/mol. The van der Waals surface area contributed by atoms with Crippen LogP contribution in [0.15, 0.2) is 0 Å². The van der Waals surface area contributed by atoms with Gasteiger partial charge in [-0.2, -0.15) is 11.8 Å². The first-order valence-corrected chi connectivity index (χ1v) is 6.79. The summed E-state index contributed by atoms with van der Waals surface area (Å²) in [5.41, 5.74) is -0.967. The van der Waals surface area contributed by atoms with Gasteiger partial charge < -0.3 is 10.0 Å². The molecule has 16 heavy (non-hydrogen) atoms. The maximum atomic E-state index is 11.6. The smallest absolute Gasteiger partial charge is 0.330 e. The second kappa shape index (κ2) is 5.57. The van der Waals surface area contributed by atoms with E-state index in [2.05, 4.69) is 0 Å². The normalized spacial score (nSPS) is 25.1. The number of hydrogen-bond donors (Lipinski definition) is 1. The summed E-state index contributed by atoms with van der Waals surface area (Å²) in [5, 5.41) is 9.43. The second-order valence-corrected chi connectivity index (χ2v) is 5.27. The Morgan fingerprint density at radius 1 is 1.50 bits per heavy atom. The minimum atomic E-state index is -0.967. The zero-order chi connectivity index (χ0) is 12.2. The number of hydrogen-bond acceptors (Lipinski definition) is 3. The van der Waals surface area contributed by atoms with Gasteiger partial charge in [-0.15, -0.1) is 0 Å². The minimum absolute atomic E-state index is 0.133. The predicted octanol–water partition coefficient (Wildman–Crippen LogP) is 1.60. The van der Waals surface area contributed by atoms with Crippen LogP contribution in [0.3, 0.4) is 0 Å². The maximum absolute atomic E-state index is 11.6. The van der Waals surface area contributed by atoms with Gasteiger partial charge in [0.05, 0.1) is 0 Å². The lowest BCUT2D eigenvalue weighted by Gasteiger charge is -2.42. The van der Waals surface area contributed by atoms with Gasteiger partial charge in [0.15, 0.2) is 0 Å². The number of amides is 1. The number of carbonyl (C=O) groups excluding carboxylic acids is 1. The Morgan fingerprint density at radius 2 is 2.19 bits per heavy atom.